The predicted octanol–water partition coefficient (Wildman–Crippen LogP) is 2.10. The molecule has 0 aliphatic heterocycles. The Morgan fingerprint density at radius 2 is 2.33 bits per heavy atom. The minimum absolute atomic E-state index is 0.758. The molecule has 1 aromatic rings. The van der Waals surface area contributed by atoms with Gasteiger partial charge in [-0.3, -0.25) is 0 Å². The first-order chi connectivity index (χ1) is 5.81. The van der Waals surface area contributed by atoms with Crippen LogP contribution in [0.3, 0.4) is 0 Å². The summed E-state index contributed by atoms with van der Waals surface area (Å²) in [7, 11) is 0. The molecular weight excluding hydrogens is 154 g/mol. The maximum atomic E-state index is 8.69. The average molecular weight is 165 g/mol. The monoisotopic (exact) mass is 165 g/mol. The lowest BCUT2D eigenvalue weighted by atomic mass is 9.96. The lowest BCUT2D eigenvalue weighted by molar-refractivity contribution is 0.317. The molecule has 2 rings (SSSR count). The van der Waals surface area contributed by atoms with Gasteiger partial charge >= 0.3 is 0 Å². The zero-order valence-electron chi connectivity index (χ0n) is 7.00. The Bertz CT molecular complexity index is 325. The van der Waals surface area contributed by atoms with E-state index in [1.54, 1.807) is 0 Å². The largest absolute Gasteiger partial charge is 0.466 e. The lowest BCUT2D eigenvalue weighted by Gasteiger charge is -2.09. The third-order valence-electron chi connectivity index (χ3n) is 2.18. The number of oxime groups is 1. The maximum Gasteiger partial charge on any atom is 0.113 e. The number of hydrogen-bond acceptors (Lipinski definition) is 3. The van der Waals surface area contributed by atoms with Crippen molar-refractivity contribution in [1.82, 2.24) is 0 Å². The summed E-state index contributed by atoms with van der Waals surface area (Å²) >= 11 is 0. The zero-order chi connectivity index (χ0) is 8.55. The van der Waals surface area contributed by atoms with Gasteiger partial charge in [-0.2, -0.15) is 0 Å². The molecule has 0 saturated heterocycles. The highest BCUT2D eigenvalue weighted by Gasteiger charge is 2.19. The number of furan rings is 1. The molecule has 1 N–H and O–H groups in total. The zero-order valence-corrected chi connectivity index (χ0v) is 7.00. The van der Waals surface area contributed by atoms with Crippen LogP contribution < -0.4 is 0 Å². The minimum Gasteiger partial charge on any atom is -0.466 e. The van der Waals surface area contributed by atoms with Crippen LogP contribution in [0.1, 0.15) is 29.9 Å². The van der Waals surface area contributed by atoms with Gasteiger partial charge in [0.25, 0.3) is 0 Å². The highest BCUT2D eigenvalue weighted by Crippen LogP contribution is 2.24. The van der Waals surface area contributed by atoms with E-state index in [0.29, 0.717) is 0 Å². The van der Waals surface area contributed by atoms with Crippen LogP contribution in [-0.2, 0) is 6.42 Å². The highest BCUT2D eigenvalue weighted by molar-refractivity contribution is 6.01. The lowest BCUT2D eigenvalue weighted by Crippen LogP contribution is -2.09. The fraction of sp³-hybridized carbons (Fsp3) is 0.444. The van der Waals surface area contributed by atoms with Crippen molar-refractivity contribution in [3.05, 3.63) is 23.2 Å². The van der Waals surface area contributed by atoms with Crippen LogP contribution in [-0.4, -0.2) is 10.9 Å². The van der Waals surface area contributed by atoms with Crippen LogP contribution in [0.25, 0.3) is 0 Å². The topological polar surface area (TPSA) is 45.7 Å². The number of fused-ring (bicyclic) bond motifs is 1. The van der Waals surface area contributed by atoms with Gasteiger partial charge in [-0.05, 0) is 25.8 Å². The van der Waals surface area contributed by atoms with Crippen LogP contribution in [0.4, 0.5) is 0 Å². The Balaban J connectivity index is 2.50. The van der Waals surface area contributed by atoms with Crippen LogP contribution in [0, 0.1) is 6.92 Å². The first-order valence-electron chi connectivity index (χ1n) is 4.12. The van der Waals surface area contributed by atoms with E-state index in [2.05, 4.69) is 5.16 Å². The van der Waals surface area contributed by atoms with Crippen molar-refractivity contribution in [3.8, 4) is 0 Å². The summed E-state index contributed by atoms with van der Waals surface area (Å²) in [5.74, 6) is 1.86. The Kier molecular flexibility index (Phi) is 1.64. The van der Waals surface area contributed by atoms with Gasteiger partial charge in [-0.25, -0.2) is 0 Å². The molecule has 0 bridgehead atoms. The first-order valence-corrected chi connectivity index (χ1v) is 4.12. The van der Waals surface area contributed by atoms with Gasteiger partial charge in [0.05, 0.1) is 5.71 Å². The van der Waals surface area contributed by atoms with Crippen molar-refractivity contribution in [3.63, 3.8) is 0 Å². The predicted molar refractivity (Wildman–Crippen MR) is 44.7 cm³/mol. The maximum absolute atomic E-state index is 8.69. The molecular formula is C9H11NO2. The van der Waals surface area contributed by atoms with E-state index >= 15 is 0 Å². The van der Waals surface area contributed by atoms with E-state index in [0.717, 1.165) is 42.1 Å². The average Bonchev–Trinajstić information content (AvgIpc) is 2.44. The van der Waals surface area contributed by atoms with E-state index in [1.807, 2.05) is 13.0 Å². The quantitative estimate of drug-likeness (QED) is 0.472. The van der Waals surface area contributed by atoms with E-state index in [1.165, 1.54) is 0 Å². The number of aryl methyl sites for hydroxylation is 2. The molecule has 0 amide bonds. The third kappa shape index (κ3) is 1.02. The molecule has 3 nitrogen and oxygen atoms in total. The molecule has 1 aliphatic rings. The Labute approximate surface area is 70.7 Å². The van der Waals surface area contributed by atoms with Crippen LogP contribution in [0.15, 0.2) is 15.6 Å². The molecule has 0 aromatic carbocycles. The van der Waals surface area contributed by atoms with Gasteiger partial charge < -0.3 is 9.62 Å². The summed E-state index contributed by atoms with van der Waals surface area (Å²) in [4.78, 5) is 0. The summed E-state index contributed by atoms with van der Waals surface area (Å²) in [6.45, 7) is 1.91. The fourth-order valence-corrected chi connectivity index (χ4v) is 1.65. The number of rotatable bonds is 0. The second-order valence-electron chi connectivity index (χ2n) is 3.09. The minimum atomic E-state index is 0.758. The molecule has 3 heteroatoms. The van der Waals surface area contributed by atoms with Crippen LogP contribution in [0.2, 0.25) is 0 Å². The van der Waals surface area contributed by atoms with Gasteiger partial charge in [0.15, 0.2) is 0 Å². The molecule has 1 aliphatic carbocycles. The van der Waals surface area contributed by atoms with E-state index in [4.69, 9.17) is 9.62 Å². The second-order valence-corrected chi connectivity index (χ2v) is 3.09. The van der Waals surface area contributed by atoms with Gasteiger partial charge in [0, 0.05) is 12.0 Å². The van der Waals surface area contributed by atoms with E-state index in [-0.39, 0.29) is 0 Å². The molecule has 0 atom stereocenters. The molecule has 0 fully saturated rings. The van der Waals surface area contributed by atoms with Gasteiger partial charge in [0.2, 0.25) is 0 Å². The SMILES string of the molecule is Cc1cc2c(o1)CCC/C2=N/O. The Morgan fingerprint density at radius 3 is 3.08 bits per heavy atom. The summed E-state index contributed by atoms with van der Waals surface area (Å²) < 4.78 is 5.45. The van der Waals surface area contributed by atoms with E-state index < -0.39 is 0 Å². The first kappa shape index (κ1) is 7.40. The second kappa shape index (κ2) is 2.66. The standard InChI is InChI=1S/C9H11NO2/c1-6-5-7-8(10-11)3-2-4-9(7)12-6/h5,11H,2-4H2,1H3/b10-8-. The highest BCUT2D eigenvalue weighted by atomic mass is 16.4. The molecule has 1 heterocycles. The molecule has 0 unspecified atom stereocenters. The molecule has 0 spiro atoms. The molecule has 1 aromatic heterocycles. The number of nitrogens with zero attached hydrogens (tertiary/aromatic N) is 1. The van der Waals surface area contributed by atoms with Crippen molar-refractivity contribution < 1.29 is 9.62 Å². The van der Waals surface area contributed by atoms with Crippen LogP contribution in [0.5, 0.6) is 0 Å². The third-order valence-corrected chi connectivity index (χ3v) is 2.18. The fourth-order valence-electron chi connectivity index (χ4n) is 1.65. The summed E-state index contributed by atoms with van der Waals surface area (Å²) in [6.07, 6.45) is 2.82. The van der Waals surface area contributed by atoms with Crippen molar-refractivity contribution in [2.24, 2.45) is 5.16 Å². The van der Waals surface area contributed by atoms with Crippen molar-refractivity contribution in [1.29, 1.82) is 0 Å². The van der Waals surface area contributed by atoms with Crippen molar-refractivity contribution in [2.45, 2.75) is 26.2 Å². The summed E-state index contributed by atoms with van der Waals surface area (Å²) in [5.41, 5.74) is 1.74. The smallest absolute Gasteiger partial charge is 0.113 e. The molecule has 0 radical (unpaired) electrons. The van der Waals surface area contributed by atoms with Gasteiger partial charge in [-0.15, -0.1) is 0 Å². The number of hydrogen-bond donors (Lipinski definition) is 1. The molecule has 64 valence electrons. The summed E-state index contributed by atoms with van der Waals surface area (Å²) in [6, 6.07) is 1.93. The van der Waals surface area contributed by atoms with Gasteiger partial charge in [-0.1, -0.05) is 5.16 Å². The molecule has 12 heavy (non-hydrogen) atoms. The Hall–Kier alpha value is -1.25. The Morgan fingerprint density at radius 1 is 1.50 bits per heavy atom. The normalized spacial score (nSPS) is 19.6. The van der Waals surface area contributed by atoms with Gasteiger partial charge in [0.1, 0.15) is 11.5 Å². The molecule has 0 saturated carbocycles. The summed E-state index contributed by atoms with van der Waals surface area (Å²) in [5, 5.41) is 12.0. The van der Waals surface area contributed by atoms with Crippen molar-refractivity contribution >= 4 is 5.71 Å². The van der Waals surface area contributed by atoms with Crippen molar-refractivity contribution in [2.75, 3.05) is 0 Å². The van der Waals surface area contributed by atoms with E-state index in [9.17, 15) is 0 Å². The van der Waals surface area contributed by atoms with Crippen LogP contribution >= 0.6 is 0 Å².